The Kier molecular flexibility index (Phi) is 14.4. The Bertz CT molecular complexity index is 7160. The lowest BCUT2D eigenvalue weighted by Gasteiger charge is -2.45. The SMILES string of the molecule is [2H]c1c([2H])c([2H])c(N(c2ccccc2)c2ccc3c(c2)c2c([2H])c([2H])c([2H])c([2H])c2n3-c2cc3c4c(c2)N(c2c(-c5ccccc5)cccc2-c2ccccc2)c2cc(-c5cccc(C(C)(C)C)c5)ccc2B4c2ccc(-n4c5ccc(C(C)(C)C)cc5c5cc(C(C)(C)C)ccc54)cc2N3c2cc(-c3ccccc3)cc(-c3ccccc3)c2)c([2H])c1[2H]. The van der Waals surface area contributed by atoms with E-state index in [1.807, 2.05) is 53.1 Å². The van der Waals surface area contributed by atoms with E-state index in [4.69, 9.17) is 4.11 Å². The number of para-hydroxylation sites is 4. The van der Waals surface area contributed by atoms with Crippen molar-refractivity contribution in [3.63, 3.8) is 0 Å². The minimum absolute atomic E-state index is 0.0885. The molecule has 18 aromatic rings. The average molecular weight is 1480 g/mol. The molecule has 2 aliphatic heterocycles. The van der Waals surface area contributed by atoms with Crippen LogP contribution in [-0.4, -0.2) is 15.8 Å². The van der Waals surface area contributed by atoms with Crippen molar-refractivity contribution in [3.8, 4) is 67.0 Å². The van der Waals surface area contributed by atoms with E-state index in [0.29, 0.717) is 28.0 Å². The molecular weight excluding hydrogens is 1380 g/mol. The second-order valence-electron chi connectivity index (χ2n) is 33.5. The van der Waals surface area contributed by atoms with E-state index in [2.05, 4.69) is 344 Å². The molecule has 4 heterocycles. The maximum absolute atomic E-state index is 10.5. The number of hydrogen-bond donors (Lipinski definition) is 0. The van der Waals surface area contributed by atoms with Crippen LogP contribution in [0.1, 0.15) is 91.3 Å². The molecule has 0 spiro atoms. The van der Waals surface area contributed by atoms with Gasteiger partial charge < -0.3 is 23.8 Å². The van der Waals surface area contributed by atoms with Crippen LogP contribution in [0.4, 0.5) is 51.2 Å². The maximum Gasteiger partial charge on any atom is 0.252 e. The van der Waals surface area contributed by atoms with Crippen molar-refractivity contribution in [3.05, 3.63) is 387 Å². The molecule has 20 rings (SSSR count). The first-order chi connectivity index (χ1) is 59.2. The van der Waals surface area contributed by atoms with Crippen molar-refractivity contribution < 1.29 is 12.3 Å². The molecule has 0 radical (unpaired) electrons. The summed E-state index contributed by atoms with van der Waals surface area (Å²) in [6.07, 6.45) is 0. The summed E-state index contributed by atoms with van der Waals surface area (Å²) in [6, 6.07) is 108. The van der Waals surface area contributed by atoms with E-state index in [1.165, 1.54) is 16.7 Å². The largest absolute Gasteiger partial charge is 0.311 e. The van der Waals surface area contributed by atoms with Crippen LogP contribution >= 0.6 is 0 Å². The topological polar surface area (TPSA) is 19.6 Å². The molecule has 2 aromatic heterocycles. The van der Waals surface area contributed by atoms with E-state index >= 15 is 0 Å². The molecule has 0 saturated heterocycles. The highest BCUT2D eigenvalue weighted by Crippen LogP contribution is 2.54. The Morgan fingerprint density at radius 1 is 0.272 bits per heavy atom. The quantitative estimate of drug-likeness (QED) is 0.114. The van der Waals surface area contributed by atoms with Crippen molar-refractivity contribution in [1.29, 1.82) is 0 Å². The first kappa shape index (κ1) is 60.3. The van der Waals surface area contributed by atoms with Gasteiger partial charge in [0.05, 0.1) is 45.8 Å². The Hall–Kier alpha value is -13.4. The maximum atomic E-state index is 10.5. The predicted molar refractivity (Wildman–Crippen MR) is 487 cm³/mol. The molecule has 0 bridgehead atoms. The van der Waals surface area contributed by atoms with Gasteiger partial charge in [-0.1, -0.05) is 311 Å². The number of nitrogens with zero attached hydrogens (tertiary/aromatic N) is 5. The molecule has 0 atom stereocenters. The van der Waals surface area contributed by atoms with Crippen LogP contribution in [0.2, 0.25) is 0 Å². The fourth-order valence-electron chi connectivity index (χ4n) is 17.6. The summed E-state index contributed by atoms with van der Waals surface area (Å²) in [4.78, 5) is 6.62. The van der Waals surface area contributed by atoms with Gasteiger partial charge in [0.25, 0.3) is 6.71 Å². The summed E-state index contributed by atoms with van der Waals surface area (Å²) in [5.74, 6) is 0. The van der Waals surface area contributed by atoms with E-state index in [9.17, 15) is 8.22 Å². The molecule has 6 heteroatoms. The fourth-order valence-corrected chi connectivity index (χ4v) is 17.6. The first-order valence-electron chi connectivity index (χ1n) is 43.9. The van der Waals surface area contributed by atoms with Gasteiger partial charge in [0, 0.05) is 83.9 Å². The van der Waals surface area contributed by atoms with Gasteiger partial charge in [-0.05, 0) is 215 Å². The minimum atomic E-state index is -0.532. The van der Waals surface area contributed by atoms with Gasteiger partial charge in [-0.25, -0.2) is 0 Å². The number of rotatable bonds is 12. The zero-order chi connectivity index (χ0) is 85.1. The molecule has 548 valence electrons. The smallest absolute Gasteiger partial charge is 0.252 e. The Morgan fingerprint density at radius 3 is 1.31 bits per heavy atom. The summed E-state index contributed by atoms with van der Waals surface area (Å²) in [6.45, 7) is 20.0. The number of hydrogen-bond acceptors (Lipinski definition) is 3. The average Bonchev–Trinajstić information content (AvgIpc) is 1.60. The van der Waals surface area contributed by atoms with E-state index in [1.54, 1.807) is 4.90 Å². The zero-order valence-electron chi connectivity index (χ0n) is 74.3. The van der Waals surface area contributed by atoms with Crippen LogP contribution in [0.5, 0.6) is 0 Å². The molecule has 0 amide bonds. The van der Waals surface area contributed by atoms with Crippen molar-refractivity contribution in [2.75, 3.05) is 14.7 Å². The van der Waals surface area contributed by atoms with Crippen LogP contribution in [-0.2, 0) is 16.2 Å². The monoisotopic (exact) mass is 1470 g/mol. The first-order valence-corrected chi connectivity index (χ1v) is 39.4. The third-order valence-corrected chi connectivity index (χ3v) is 23.3. The predicted octanol–water partition coefficient (Wildman–Crippen LogP) is 27.7. The Balaban J connectivity index is 0.974. The summed E-state index contributed by atoms with van der Waals surface area (Å²) in [5, 5.41) is 2.98. The van der Waals surface area contributed by atoms with Gasteiger partial charge in [-0.15, -0.1) is 0 Å². The number of anilines is 9. The minimum Gasteiger partial charge on any atom is -0.311 e. The Labute approximate surface area is 682 Å². The molecule has 0 N–H and O–H groups in total. The molecule has 2 aliphatic rings. The van der Waals surface area contributed by atoms with Gasteiger partial charge in [-0.2, -0.15) is 0 Å². The highest BCUT2D eigenvalue weighted by atomic mass is 15.2. The molecule has 0 saturated carbocycles. The Morgan fingerprint density at radius 2 is 0.728 bits per heavy atom. The number of aromatic nitrogens is 2. The standard InChI is InChI=1S/C108H88BN5/c1-106(2,3)79-41-30-40-75(61-79)76-50-55-94-100(64-76)114(105-88(73-36-20-12-21-37-73)47-31-48-89(105)74-38-22-13-23-39-74)103-70-87(112-96-49-29-28-46-90(96)93-67-84(54-59-99(93)112)110(82-42-24-14-25-43-82)83-44-26-15-27-45-83)69-102-104(103)109(94)95-56-53-85(111-97-57-51-80(107(4,5)6)65-91(97)92-66-81(108(7,8)9)52-58-98(92)111)68-101(95)113(102)86-62-77(71-32-16-10-17-33-71)60-78(63-86)72-34-18-11-19-35-72/h10-70H,1-9H3/i14D,24D,25D,28D,29D,42D,43D,46D,49D. The second-order valence-corrected chi connectivity index (χ2v) is 33.5. The lowest BCUT2D eigenvalue weighted by atomic mass is 9.33. The van der Waals surface area contributed by atoms with E-state index in [-0.39, 0.29) is 44.9 Å². The number of fused-ring (bicyclic) bond motifs is 10. The molecule has 114 heavy (non-hydrogen) atoms. The molecule has 0 unspecified atom stereocenters. The molecule has 5 nitrogen and oxygen atoms in total. The van der Waals surface area contributed by atoms with Gasteiger partial charge in [-0.3, -0.25) is 0 Å². The van der Waals surface area contributed by atoms with Gasteiger partial charge in [0.2, 0.25) is 0 Å². The lowest BCUT2D eigenvalue weighted by Crippen LogP contribution is -2.61. The van der Waals surface area contributed by atoms with E-state index in [0.717, 1.165) is 134 Å². The summed E-state index contributed by atoms with van der Waals surface area (Å²) in [5.41, 5.74) is 26.8. The van der Waals surface area contributed by atoms with Crippen LogP contribution < -0.4 is 31.1 Å². The highest BCUT2D eigenvalue weighted by molar-refractivity contribution is 7.00. The summed E-state index contributed by atoms with van der Waals surface area (Å²) >= 11 is 0. The summed E-state index contributed by atoms with van der Waals surface area (Å²) < 4.78 is 90.5. The molecular formula is C108H88BN5. The third-order valence-electron chi connectivity index (χ3n) is 23.3. The lowest BCUT2D eigenvalue weighted by molar-refractivity contribution is 0.590. The third kappa shape index (κ3) is 11.9. The van der Waals surface area contributed by atoms with Crippen molar-refractivity contribution in [2.45, 2.75) is 78.6 Å². The molecule has 0 fully saturated rings. The fraction of sp³-hybridized carbons (Fsp3) is 0.111. The molecule has 16 aromatic carbocycles. The highest BCUT2D eigenvalue weighted by Gasteiger charge is 2.46. The second kappa shape index (κ2) is 27.2. The summed E-state index contributed by atoms with van der Waals surface area (Å²) in [7, 11) is 0. The van der Waals surface area contributed by atoms with Crippen molar-refractivity contribution in [2.24, 2.45) is 0 Å². The van der Waals surface area contributed by atoms with Crippen molar-refractivity contribution >= 4 is 118 Å². The van der Waals surface area contributed by atoms with Crippen LogP contribution in [0, 0.1) is 0 Å². The van der Waals surface area contributed by atoms with E-state index < -0.39 is 49.0 Å². The van der Waals surface area contributed by atoms with Crippen LogP contribution in [0.15, 0.2) is 370 Å². The molecule has 0 aliphatic carbocycles. The van der Waals surface area contributed by atoms with Crippen LogP contribution in [0.3, 0.4) is 0 Å². The van der Waals surface area contributed by atoms with Gasteiger partial charge in [0.1, 0.15) is 0 Å². The number of benzene rings is 16. The van der Waals surface area contributed by atoms with Crippen molar-refractivity contribution in [1.82, 2.24) is 9.13 Å². The van der Waals surface area contributed by atoms with Gasteiger partial charge >= 0.3 is 0 Å². The normalized spacial score (nSPS) is 13.8. The van der Waals surface area contributed by atoms with Gasteiger partial charge in [0.15, 0.2) is 0 Å². The zero-order valence-corrected chi connectivity index (χ0v) is 65.3. The van der Waals surface area contributed by atoms with Crippen LogP contribution in [0.25, 0.3) is 111 Å².